The number of esters is 1. The van der Waals surface area contributed by atoms with Crippen LogP contribution in [-0.2, 0) is 11.3 Å². The number of carbonyl (C=O) groups is 1. The molecule has 0 aliphatic carbocycles. The number of fused-ring (bicyclic) bond motifs is 1. The van der Waals surface area contributed by atoms with Crippen LogP contribution in [0.5, 0.6) is 5.88 Å². The fourth-order valence-corrected chi connectivity index (χ4v) is 2.29. The lowest BCUT2D eigenvalue weighted by molar-refractivity contribution is 0.0520. The number of rotatable bonds is 3. The normalized spacial score (nSPS) is 13.4. The maximum atomic E-state index is 13.9. The third kappa shape index (κ3) is 2.40. The molecule has 6 nitrogen and oxygen atoms in total. The largest absolute Gasteiger partial charge is 0.477 e. The van der Waals surface area contributed by atoms with Crippen LogP contribution < -0.4 is 4.74 Å². The van der Waals surface area contributed by atoms with Gasteiger partial charge in [0, 0.05) is 13.0 Å². The van der Waals surface area contributed by atoms with E-state index >= 15 is 0 Å². The van der Waals surface area contributed by atoms with Crippen LogP contribution in [0.2, 0.25) is 0 Å². The first kappa shape index (κ1) is 14.4. The lowest BCUT2D eigenvalue weighted by Crippen LogP contribution is -2.16. The van der Waals surface area contributed by atoms with Gasteiger partial charge in [0.05, 0.1) is 18.8 Å². The Morgan fingerprint density at radius 1 is 1.45 bits per heavy atom. The van der Waals surface area contributed by atoms with Gasteiger partial charge in [-0.2, -0.15) is 18.9 Å². The molecular weight excluding hydrogens is 296 g/mol. The van der Waals surface area contributed by atoms with Crippen LogP contribution in [0.25, 0.3) is 11.3 Å². The van der Waals surface area contributed by atoms with Crippen LogP contribution in [0.3, 0.4) is 0 Å². The molecule has 2 aromatic rings. The zero-order valence-electron chi connectivity index (χ0n) is 11.8. The second-order valence-electron chi connectivity index (χ2n) is 4.65. The molecule has 0 atom stereocenters. The standard InChI is InChI=1S/C14H13F2N3O3/c1-2-21-14(20)10-11(8-4-5-9(15)17-12(8)16)18-19-6-3-7-22-13(10)19/h4-5H,2-3,6-7H2,1H3. The summed E-state index contributed by atoms with van der Waals surface area (Å²) in [7, 11) is 0. The lowest BCUT2D eigenvalue weighted by atomic mass is 10.1. The summed E-state index contributed by atoms with van der Waals surface area (Å²) >= 11 is 0. The summed E-state index contributed by atoms with van der Waals surface area (Å²) in [5.74, 6) is -2.41. The Hall–Kier alpha value is -2.51. The van der Waals surface area contributed by atoms with E-state index in [1.807, 2.05) is 0 Å². The van der Waals surface area contributed by atoms with Gasteiger partial charge in [-0.05, 0) is 19.1 Å². The van der Waals surface area contributed by atoms with E-state index in [4.69, 9.17) is 9.47 Å². The third-order valence-corrected chi connectivity index (χ3v) is 3.21. The van der Waals surface area contributed by atoms with Gasteiger partial charge in [0.2, 0.25) is 17.8 Å². The van der Waals surface area contributed by atoms with Gasteiger partial charge in [-0.15, -0.1) is 0 Å². The van der Waals surface area contributed by atoms with E-state index in [0.29, 0.717) is 13.2 Å². The van der Waals surface area contributed by atoms with Gasteiger partial charge < -0.3 is 9.47 Å². The van der Waals surface area contributed by atoms with E-state index in [-0.39, 0.29) is 29.3 Å². The first-order chi connectivity index (χ1) is 10.6. The second kappa shape index (κ2) is 5.70. The zero-order chi connectivity index (χ0) is 15.7. The van der Waals surface area contributed by atoms with E-state index in [1.54, 1.807) is 6.92 Å². The van der Waals surface area contributed by atoms with E-state index < -0.39 is 17.9 Å². The molecule has 0 saturated carbocycles. The molecule has 0 aromatic carbocycles. The molecule has 3 rings (SSSR count). The molecular formula is C14H13F2N3O3. The van der Waals surface area contributed by atoms with E-state index in [0.717, 1.165) is 12.5 Å². The summed E-state index contributed by atoms with van der Waals surface area (Å²) < 4.78 is 38.9. The van der Waals surface area contributed by atoms with Crippen LogP contribution in [0, 0.1) is 11.9 Å². The molecule has 0 radical (unpaired) electrons. The number of hydrogen-bond acceptors (Lipinski definition) is 5. The first-order valence-corrected chi connectivity index (χ1v) is 6.85. The number of halogens is 2. The summed E-state index contributed by atoms with van der Waals surface area (Å²) in [5, 5.41) is 4.20. The summed E-state index contributed by atoms with van der Waals surface area (Å²) in [5.41, 5.74) is 0.00385. The van der Waals surface area contributed by atoms with E-state index in [2.05, 4.69) is 10.1 Å². The molecule has 2 aromatic heterocycles. The van der Waals surface area contributed by atoms with Crippen LogP contribution in [0.15, 0.2) is 12.1 Å². The maximum Gasteiger partial charge on any atom is 0.345 e. The third-order valence-electron chi connectivity index (χ3n) is 3.21. The van der Waals surface area contributed by atoms with Crippen LogP contribution in [-0.4, -0.2) is 33.9 Å². The molecule has 0 spiro atoms. The van der Waals surface area contributed by atoms with Crippen molar-refractivity contribution < 1.29 is 23.0 Å². The Morgan fingerprint density at radius 2 is 2.27 bits per heavy atom. The highest BCUT2D eigenvalue weighted by Gasteiger charge is 2.30. The zero-order valence-corrected chi connectivity index (χ0v) is 11.8. The molecule has 0 N–H and O–H groups in total. The highest BCUT2D eigenvalue weighted by atomic mass is 19.1. The molecule has 22 heavy (non-hydrogen) atoms. The number of carbonyl (C=O) groups excluding carboxylic acids is 1. The van der Waals surface area contributed by atoms with Crippen molar-refractivity contribution >= 4 is 5.97 Å². The van der Waals surface area contributed by atoms with Crippen LogP contribution in [0.1, 0.15) is 23.7 Å². The van der Waals surface area contributed by atoms with Crippen LogP contribution in [0.4, 0.5) is 8.78 Å². The minimum absolute atomic E-state index is 0.0360. The van der Waals surface area contributed by atoms with Crippen molar-refractivity contribution in [1.82, 2.24) is 14.8 Å². The first-order valence-electron chi connectivity index (χ1n) is 6.85. The quantitative estimate of drug-likeness (QED) is 0.642. The molecule has 116 valence electrons. The number of hydrogen-bond donors (Lipinski definition) is 0. The average molecular weight is 309 g/mol. The van der Waals surface area contributed by atoms with Crippen molar-refractivity contribution in [3.8, 4) is 17.1 Å². The number of aryl methyl sites for hydroxylation is 1. The Morgan fingerprint density at radius 3 is 3.00 bits per heavy atom. The maximum absolute atomic E-state index is 13.9. The van der Waals surface area contributed by atoms with Crippen molar-refractivity contribution in [2.75, 3.05) is 13.2 Å². The lowest BCUT2D eigenvalue weighted by Gasteiger charge is -2.15. The smallest absolute Gasteiger partial charge is 0.345 e. The van der Waals surface area contributed by atoms with Crippen molar-refractivity contribution in [3.63, 3.8) is 0 Å². The summed E-state index contributed by atoms with van der Waals surface area (Å²) in [6.07, 6.45) is 0.723. The number of aromatic nitrogens is 3. The predicted octanol–water partition coefficient (Wildman–Crippen LogP) is 2.18. The van der Waals surface area contributed by atoms with Crippen molar-refractivity contribution in [2.24, 2.45) is 0 Å². The molecule has 0 fully saturated rings. The molecule has 1 aliphatic rings. The second-order valence-corrected chi connectivity index (χ2v) is 4.65. The van der Waals surface area contributed by atoms with E-state index in [9.17, 15) is 13.6 Å². The van der Waals surface area contributed by atoms with Crippen LogP contribution >= 0.6 is 0 Å². The fraction of sp³-hybridized carbons (Fsp3) is 0.357. The van der Waals surface area contributed by atoms with Crippen molar-refractivity contribution in [1.29, 1.82) is 0 Å². The molecule has 0 amide bonds. The Labute approximate surface area is 124 Å². The van der Waals surface area contributed by atoms with Gasteiger partial charge >= 0.3 is 5.97 Å². The van der Waals surface area contributed by atoms with Gasteiger partial charge in [0.1, 0.15) is 11.3 Å². The van der Waals surface area contributed by atoms with E-state index in [1.165, 1.54) is 10.7 Å². The summed E-state index contributed by atoms with van der Waals surface area (Å²) in [6, 6.07) is 2.20. The molecule has 0 unspecified atom stereocenters. The highest BCUT2D eigenvalue weighted by Crippen LogP contribution is 2.34. The molecule has 0 bridgehead atoms. The fourth-order valence-electron chi connectivity index (χ4n) is 2.29. The number of nitrogens with zero attached hydrogens (tertiary/aromatic N) is 3. The van der Waals surface area contributed by atoms with Gasteiger partial charge in [0.15, 0.2) is 0 Å². The Kier molecular flexibility index (Phi) is 3.74. The average Bonchev–Trinajstić information content (AvgIpc) is 2.86. The number of ether oxygens (including phenoxy) is 2. The predicted molar refractivity (Wildman–Crippen MR) is 71.4 cm³/mol. The Balaban J connectivity index is 2.17. The van der Waals surface area contributed by atoms with Gasteiger partial charge in [-0.25, -0.2) is 9.48 Å². The number of pyridine rings is 1. The summed E-state index contributed by atoms with van der Waals surface area (Å²) in [4.78, 5) is 15.3. The van der Waals surface area contributed by atoms with Gasteiger partial charge in [-0.1, -0.05) is 0 Å². The SMILES string of the molecule is CCOC(=O)c1c(-c2ccc(F)nc2F)nn2c1OCCC2. The Bertz CT molecular complexity index is 730. The minimum atomic E-state index is -1.04. The minimum Gasteiger partial charge on any atom is -0.477 e. The molecule has 3 heterocycles. The van der Waals surface area contributed by atoms with Crippen molar-refractivity contribution in [3.05, 3.63) is 29.6 Å². The molecule has 1 aliphatic heterocycles. The van der Waals surface area contributed by atoms with Gasteiger partial charge in [0.25, 0.3) is 0 Å². The molecule has 0 saturated heterocycles. The molecule has 8 heteroatoms. The van der Waals surface area contributed by atoms with Crippen molar-refractivity contribution in [2.45, 2.75) is 19.9 Å². The summed E-state index contributed by atoms with van der Waals surface area (Å²) in [6.45, 7) is 2.79. The monoisotopic (exact) mass is 309 g/mol. The highest BCUT2D eigenvalue weighted by molar-refractivity contribution is 5.98. The van der Waals surface area contributed by atoms with Gasteiger partial charge in [-0.3, -0.25) is 0 Å². The topological polar surface area (TPSA) is 66.2 Å².